The number of rotatable bonds is 26. The minimum atomic E-state index is -1.02. The molecule has 0 aliphatic carbocycles. The maximum Gasteiger partial charge on any atom is 0.254 e. The Bertz CT molecular complexity index is 7220. The van der Waals surface area contributed by atoms with Gasteiger partial charge in [-0.2, -0.15) is 54.0 Å². The third-order valence-electron chi connectivity index (χ3n) is 21.7. The van der Waals surface area contributed by atoms with Gasteiger partial charge in [-0.15, -0.1) is 0 Å². The van der Waals surface area contributed by atoms with Gasteiger partial charge in [0, 0.05) is 196 Å². The number of halogens is 4. The summed E-state index contributed by atoms with van der Waals surface area (Å²) in [5.74, 6) is -1.38. The van der Waals surface area contributed by atoms with Crippen LogP contribution in [0.2, 0.25) is 0 Å². The highest BCUT2D eigenvalue weighted by atomic mass is 32.1. The van der Waals surface area contributed by atoms with E-state index >= 15 is 0 Å². The van der Waals surface area contributed by atoms with Crippen molar-refractivity contribution >= 4 is 144 Å². The Labute approximate surface area is 827 Å². The van der Waals surface area contributed by atoms with E-state index < -0.39 is 46.3 Å². The van der Waals surface area contributed by atoms with Crippen LogP contribution in [0.1, 0.15) is 171 Å². The van der Waals surface area contributed by atoms with Crippen LogP contribution in [0.5, 0.6) is 0 Å². The number of hydrogen-bond acceptors (Lipinski definition) is 28. The zero-order chi connectivity index (χ0) is 99.1. The largest absolute Gasteiger partial charge is 0.384 e. The molecule has 0 saturated heterocycles. The lowest BCUT2D eigenvalue weighted by Crippen LogP contribution is -2.20. The quantitative estimate of drug-likeness (QED) is 0.0225. The Balaban J connectivity index is 0.000000209. The van der Waals surface area contributed by atoms with E-state index in [4.69, 9.17) is 5.48 Å². The highest BCUT2D eigenvalue weighted by Crippen LogP contribution is 2.36. The minimum Gasteiger partial charge on any atom is -0.384 e. The normalized spacial score (nSPS) is 12.2. The topological polar surface area (TPSA) is 437 Å². The van der Waals surface area contributed by atoms with Crippen molar-refractivity contribution in [1.29, 1.82) is 0 Å². The van der Waals surface area contributed by atoms with Crippen molar-refractivity contribution in [3.63, 3.8) is 0 Å². The number of aliphatic hydroxyl groups is 2. The van der Waals surface area contributed by atoms with Crippen molar-refractivity contribution in [3.05, 3.63) is 299 Å². The summed E-state index contributed by atoms with van der Waals surface area (Å²) in [5.41, 5.74) is 9.07. The SMILES string of the molecule is CNC(=O)c1c(F)cnc2c([C@H](C)CNc3cc(-c4ccc(C(C)(C)O)nc4)ncn3)cccc12.CNC(=O)c1ccnc2c([C@H](C)CNc3cc(-c4ccc(C(C)(C)O)nc4)ncn3)ccc(F)c12.S.S.S.S.[2H]c1nc(C)nc([2H])c1-c1cc(NC[C@@H](C)c2ccc(F)c3c(C(=O)NC)ccnc23)ncn1.[2H]c1nc(C)nc([2H])c1-c1cc(NC[C@@H](C)c2cccc3c(C(=O)NC)c(F)cnc23)ncn1. The molecular formula is C98H106F4N26O6S4. The van der Waals surface area contributed by atoms with Crippen LogP contribution in [0.25, 0.3) is 88.6 Å². The molecule has 0 fully saturated rings. The Hall–Kier alpha value is -14.6. The predicted molar refractivity (Wildman–Crippen MR) is 546 cm³/mol. The minimum absolute atomic E-state index is 0. The summed E-state index contributed by atoms with van der Waals surface area (Å²) in [6.07, 6.45) is 13.8. The van der Waals surface area contributed by atoms with Gasteiger partial charge in [0.15, 0.2) is 11.6 Å². The van der Waals surface area contributed by atoms with Crippen molar-refractivity contribution in [2.45, 2.75) is 104 Å². The van der Waals surface area contributed by atoms with Gasteiger partial charge in [0.25, 0.3) is 23.6 Å². The van der Waals surface area contributed by atoms with Crippen molar-refractivity contribution in [2.24, 2.45) is 0 Å². The number of benzene rings is 4. The molecule has 716 valence electrons. The van der Waals surface area contributed by atoms with E-state index in [9.17, 15) is 47.0 Å². The molecule has 4 atom stereocenters. The van der Waals surface area contributed by atoms with E-state index in [2.05, 4.69) is 132 Å². The van der Waals surface area contributed by atoms with E-state index in [-0.39, 0.29) is 158 Å². The first-order valence-electron chi connectivity index (χ1n) is 44.4. The van der Waals surface area contributed by atoms with Gasteiger partial charge in [0.2, 0.25) is 0 Å². The van der Waals surface area contributed by atoms with Crippen LogP contribution in [0, 0.1) is 37.1 Å². The molecule has 4 amide bonds. The monoisotopic (exact) mass is 1950 g/mol. The molecule has 138 heavy (non-hydrogen) atoms. The number of amides is 4. The second-order valence-electron chi connectivity index (χ2n) is 32.2. The molecular weight excluding hydrogens is 1840 g/mol. The third kappa shape index (κ3) is 25.8. The first-order chi connectivity index (χ1) is 66.0. The Morgan fingerprint density at radius 1 is 0.348 bits per heavy atom. The third-order valence-corrected chi connectivity index (χ3v) is 21.7. The smallest absolute Gasteiger partial charge is 0.254 e. The lowest BCUT2D eigenvalue weighted by molar-refractivity contribution is 0.0733. The number of anilines is 4. The Morgan fingerprint density at radius 3 is 0.942 bits per heavy atom. The molecule has 10 N–H and O–H groups in total. The first-order valence-corrected chi connectivity index (χ1v) is 42.4. The number of aryl methyl sites for hydroxylation is 2. The van der Waals surface area contributed by atoms with Gasteiger partial charge in [-0.05, 0) is 112 Å². The van der Waals surface area contributed by atoms with Crippen molar-refractivity contribution in [2.75, 3.05) is 75.6 Å². The molecule has 0 saturated carbocycles. The standard InChI is InChI=1S/2C26H27FN6O2.2C23H22FN7O.4H2S/c1-15(17-6-7-19(27)23-18(25(34)28-4)9-10-29-24(17)23)12-31-22-11-20(32-14-33-22)16-5-8-21(30-13-16)26(2,3)35;1-15(17-6-5-7-18-23(25(34)28-4)19(27)13-31-24(17)18)11-30-22-10-20(32-14-33-22)16-8-9-21(29-12-16)26(2,3)35;1-13(9-29-20-8-19(30-12-31-20)15-10-27-14(2)28-11-15)16-4-5-18(24)21-17(23(32)25-3)6-7-26-22(16)21;1-13(8-28-20-7-19(30-12-31-20)15-9-26-14(2)27-10-15)16-5-4-6-17-21(23(32)25-3)18(24)11-29-22(16)17;;;;/h5-11,13-15,35H,12H2,1-4H3,(H,28,34)(H,31,32,33);5-10,12-15,35H,11H2,1-4H3,(H,28,34)(H,30,32,33);4-8,10-13H,9H2,1-3H3,(H,25,32)(H,29,30,31);4-7,9-13H,8H2,1-3H3,(H,25,32)(H,28,30,31);4*1H2/t2*15-;2*13-;;;;/m1111..../s1/i;;10D,11D;9D,10D;;;;. The highest BCUT2D eigenvalue weighted by molar-refractivity contribution is 7.59. The zero-order valence-electron chi connectivity index (χ0n) is 81.5. The summed E-state index contributed by atoms with van der Waals surface area (Å²) in [4.78, 5) is 125. The summed E-state index contributed by atoms with van der Waals surface area (Å²) in [6.45, 7) is 19.8. The summed E-state index contributed by atoms with van der Waals surface area (Å²) in [6, 6.07) is 34.0. The van der Waals surface area contributed by atoms with E-state index in [0.717, 1.165) is 45.8 Å². The van der Waals surface area contributed by atoms with Crippen LogP contribution in [0.4, 0.5) is 40.8 Å². The number of carbonyl (C=O) groups excluding carboxylic acids is 4. The summed E-state index contributed by atoms with van der Waals surface area (Å²) < 4.78 is 90.3. The van der Waals surface area contributed by atoms with Crippen LogP contribution in [0.15, 0.2) is 209 Å². The molecule has 0 radical (unpaired) electrons. The van der Waals surface area contributed by atoms with Gasteiger partial charge in [-0.3, -0.25) is 49.1 Å². The summed E-state index contributed by atoms with van der Waals surface area (Å²) in [5, 5.41) is 44.6. The lowest BCUT2D eigenvalue weighted by Gasteiger charge is -2.17. The molecule has 4 aromatic carbocycles. The molecule has 0 aliphatic rings. The van der Waals surface area contributed by atoms with Gasteiger partial charge < -0.3 is 52.7 Å². The van der Waals surface area contributed by atoms with Crippen LogP contribution in [-0.4, -0.2) is 178 Å². The van der Waals surface area contributed by atoms with E-state index in [1.54, 1.807) is 115 Å². The van der Waals surface area contributed by atoms with Crippen LogP contribution in [0.3, 0.4) is 0 Å². The number of aromatic nitrogens is 18. The van der Waals surface area contributed by atoms with Gasteiger partial charge in [0.1, 0.15) is 83.1 Å². The number of hydrogen-bond donors (Lipinski definition) is 10. The molecule has 0 bridgehead atoms. The molecule has 0 unspecified atom stereocenters. The lowest BCUT2D eigenvalue weighted by atomic mass is 9.95. The van der Waals surface area contributed by atoms with Crippen LogP contribution >= 0.6 is 54.0 Å². The average Bonchev–Trinajstić information content (AvgIpc) is 0.782. The van der Waals surface area contributed by atoms with E-state index in [1.165, 1.54) is 90.2 Å². The molecule has 40 heteroatoms. The van der Waals surface area contributed by atoms with Crippen LogP contribution in [-0.2, 0) is 11.2 Å². The fourth-order valence-electron chi connectivity index (χ4n) is 14.5. The fraction of sp³-hybridized carbons (Fsp3) is 0.245. The second kappa shape index (κ2) is 48.2. The molecule has 16 rings (SSSR count). The molecule has 12 heterocycles. The number of carbonyl (C=O) groups is 4. The van der Waals surface area contributed by atoms with Crippen LogP contribution < -0.4 is 42.5 Å². The molecule has 16 aromatic rings. The zero-order valence-corrected chi connectivity index (χ0v) is 81.5. The van der Waals surface area contributed by atoms with Crippen molar-refractivity contribution in [3.8, 4) is 45.0 Å². The van der Waals surface area contributed by atoms with E-state index in [0.29, 0.717) is 128 Å². The van der Waals surface area contributed by atoms with Gasteiger partial charge in [0.05, 0.1) is 96.4 Å². The highest BCUT2D eigenvalue weighted by Gasteiger charge is 2.27. The van der Waals surface area contributed by atoms with Crippen molar-refractivity contribution in [1.82, 2.24) is 111 Å². The number of pyridine rings is 6. The second-order valence-corrected chi connectivity index (χ2v) is 32.2. The average molecular weight is 1950 g/mol. The molecule has 0 aliphatic heterocycles. The molecule has 0 spiro atoms. The van der Waals surface area contributed by atoms with Gasteiger partial charge >= 0.3 is 0 Å². The van der Waals surface area contributed by atoms with Gasteiger partial charge in [-0.25, -0.2) is 77.4 Å². The number of nitrogens with zero attached hydrogens (tertiary/aromatic N) is 18. The number of nitrogens with one attached hydrogen (secondary N) is 8. The summed E-state index contributed by atoms with van der Waals surface area (Å²) >= 11 is 0. The molecule has 12 aromatic heterocycles. The molecule has 32 nitrogen and oxygen atoms in total. The van der Waals surface area contributed by atoms with Crippen molar-refractivity contribution < 1.29 is 52.4 Å². The maximum atomic E-state index is 14.7. The summed E-state index contributed by atoms with van der Waals surface area (Å²) in [7, 11) is 5.93. The Morgan fingerprint density at radius 2 is 0.652 bits per heavy atom. The number of para-hydroxylation sites is 2. The van der Waals surface area contributed by atoms with E-state index in [1.807, 2.05) is 64.1 Å². The maximum absolute atomic E-state index is 14.7. The first kappa shape index (κ1) is 101. The Kier molecular flexibility index (Phi) is 35.3. The number of fused-ring (bicyclic) bond motifs is 4. The predicted octanol–water partition coefficient (Wildman–Crippen LogP) is 15.5. The van der Waals surface area contributed by atoms with Gasteiger partial charge in [-0.1, -0.05) is 76.2 Å². The fourth-order valence-corrected chi connectivity index (χ4v) is 14.5.